The van der Waals surface area contributed by atoms with Crippen molar-refractivity contribution in [2.24, 2.45) is 0 Å². The molecule has 0 saturated heterocycles. The van der Waals surface area contributed by atoms with E-state index in [1.54, 1.807) is 13.8 Å². The minimum atomic E-state index is -0.484. The summed E-state index contributed by atoms with van der Waals surface area (Å²) >= 11 is 0. The Labute approximate surface area is 163 Å². The van der Waals surface area contributed by atoms with Crippen LogP contribution in [0, 0.1) is 0 Å². The zero-order valence-corrected chi connectivity index (χ0v) is 18.0. The van der Waals surface area contributed by atoms with E-state index in [4.69, 9.17) is 9.47 Å². The molecule has 0 fully saturated rings. The van der Waals surface area contributed by atoms with Crippen LogP contribution in [0.1, 0.15) is 41.5 Å². The van der Waals surface area contributed by atoms with Gasteiger partial charge in [0.1, 0.15) is 37.5 Å². The number of rotatable bonds is 13. The molecule has 0 bridgehead atoms. The minimum absolute atomic E-state index is 0.292. The summed E-state index contributed by atoms with van der Waals surface area (Å²) in [6.45, 7) is 13.3. The lowest BCUT2D eigenvalue weighted by Gasteiger charge is -2.38. The van der Waals surface area contributed by atoms with Gasteiger partial charge in [-0.15, -0.1) is 0 Å². The van der Waals surface area contributed by atoms with Crippen molar-refractivity contribution < 1.29 is 33.8 Å². The van der Waals surface area contributed by atoms with Gasteiger partial charge in [0.05, 0.1) is 13.6 Å². The van der Waals surface area contributed by atoms with Gasteiger partial charge in [0.25, 0.3) is 0 Å². The van der Waals surface area contributed by atoms with E-state index in [-0.39, 0.29) is 24.1 Å². The van der Waals surface area contributed by atoms with E-state index in [9.17, 15) is 19.8 Å². The lowest BCUT2D eigenvalue weighted by Crippen LogP contribution is -2.55. The van der Waals surface area contributed by atoms with Crippen LogP contribution in [0.3, 0.4) is 0 Å². The Morgan fingerprint density at radius 3 is 1.56 bits per heavy atom. The van der Waals surface area contributed by atoms with Crippen LogP contribution in [0.5, 0.6) is 0 Å². The maximum Gasteiger partial charge on any atom is 0.302 e. The number of hydrogen-bond donors (Lipinski definition) is 2. The van der Waals surface area contributed by atoms with Gasteiger partial charge in [0.15, 0.2) is 0 Å². The van der Waals surface area contributed by atoms with Gasteiger partial charge < -0.3 is 24.2 Å². The highest BCUT2D eigenvalue weighted by Gasteiger charge is 2.27. The van der Waals surface area contributed by atoms with Crippen molar-refractivity contribution in [3.8, 4) is 0 Å². The number of likely N-dealkylation sites (N-methyl/N-ethyl adjacent to an activating group) is 1. The number of carbonyl (C=O) groups excluding carboxylic acids is 2. The van der Waals surface area contributed by atoms with Gasteiger partial charge in [0.2, 0.25) is 0 Å². The fourth-order valence-corrected chi connectivity index (χ4v) is 3.54. The Morgan fingerprint density at radius 1 is 0.889 bits per heavy atom. The first-order chi connectivity index (χ1) is 12.3. The van der Waals surface area contributed by atoms with E-state index in [1.165, 1.54) is 13.8 Å². The topological polar surface area (TPSA) is 96.3 Å². The molecular weight excluding hydrogens is 352 g/mol. The molecule has 0 aromatic heterocycles. The second-order valence-electron chi connectivity index (χ2n) is 8.01. The van der Waals surface area contributed by atoms with E-state index in [1.807, 2.05) is 20.9 Å². The van der Waals surface area contributed by atoms with E-state index in [0.29, 0.717) is 43.8 Å². The molecule has 0 spiro atoms. The van der Waals surface area contributed by atoms with Gasteiger partial charge in [-0.05, 0) is 27.7 Å². The third kappa shape index (κ3) is 13.6. The quantitative estimate of drug-likeness (QED) is 0.346. The zero-order valence-electron chi connectivity index (χ0n) is 18.0. The lowest BCUT2D eigenvalue weighted by atomic mass is 10.2. The first-order valence-corrected chi connectivity index (χ1v) is 9.59. The standard InChI is InChI=1S/C19H39N2O6/c1-14(22)12-21(7,13-15(2)23)9-8-20(10-16(3)26-18(5)24)11-17(4)27-19(6)25/h14-17,22-23H,8-13H2,1-7H3/q+1. The number of aliphatic hydroxyl groups is 2. The maximum atomic E-state index is 11.2. The molecule has 0 aliphatic carbocycles. The van der Waals surface area contributed by atoms with Crippen LogP contribution >= 0.6 is 0 Å². The molecule has 0 heterocycles. The minimum Gasteiger partial charge on any atom is -0.461 e. The van der Waals surface area contributed by atoms with Crippen LogP contribution in [0.4, 0.5) is 0 Å². The third-order valence-electron chi connectivity index (χ3n) is 4.13. The Hall–Kier alpha value is -1.22. The highest BCUT2D eigenvalue weighted by Crippen LogP contribution is 2.09. The molecule has 0 radical (unpaired) electrons. The summed E-state index contributed by atoms with van der Waals surface area (Å²) < 4.78 is 11.0. The molecule has 8 nitrogen and oxygen atoms in total. The smallest absolute Gasteiger partial charge is 0.302 e. The van der Waals surface area contributed by atoms with Crippen molar-refractivity contribution >= 4 is 11.9 Å². The molecule has 4 unspecified atom stereocenters. The Morgan fingerprint density at radius 2 is 1.26 bits per heavy atom. The summed E-state index contributed by atoms with van der Waals surface area (Å²) in [6.07, 6.45) is -1.55. The van der Waals surface area contributed by atoms with Gasteiger partial charge in [0, 0.05) is 33.5 Å². The zero-order chi connectivity index (χ0) is 21.2. The van der Waals surface area contributed by atoms with Crippen molar-refractivity contribution in [2.75, 3.05) is 46.3 Å². The van der Waals surface area contributed by atoms with E-state index in [2.05, 4.69) is 4.90 Å². The second kappa shape index (κ2) is 12.3. The third-order valence-corrected chi connectivity index (χ3v) is 4.13. The van der Waals surface area contributed by atoms with Crippen molar-refractivity contribution in [3.63, 3.8) is 0 Å². The molecule has 2 N–H and O–H groups in total. The molecule has 160 valence electrons. The molecule has 0 aromatic carbocycles. The summed E-state index contributed by atoms with van der Waals surface area (Å²) in [5.74, 6) is -0.668. The Balaban J connectivity index is 5.05. The average molecular weight is 392 g/mol. The number of aliphatic hydroxyl groups excluding tert-OH is 2. The van der Waals surface area contributed by atoms with Crippen molar-refractivity contribution in [3.05, 3.63) is 0 Å². The summed E-state index contributed by atoms with van der Waals surface area (Å²) in [5, 5.41) is 19.7. The lowest BCUT2D eigenvalue weighted by molar-refractivity contribution is -0.914. The normalized spacial score (nSPS) is 18.3. The van der Waals surface area contributed by atoms with Crippen LogP contribution in [-0.4, -0.2) is 102 Å². The Bertz CT molecular complexity index is 421. The highest BCUT2D eigenvalue weighted by atomic mass is 16.5. The average Bonchev–Trinajstić information content (AvgIpc) is 2.40. The molecule has 8 heteroatoms. The molecule has 0 amide bonds. The summed E-state index contributed by atoms with van der Waals surface area (Å²) in [4.78, 5) is 24.5. The van der Waals surface area contributed by atoms with Crippen molar-refractivity contribution in [1.29, 1.82) is 0 Å². The SMILES string of the molecule is CC(=O)OC(C)CN(CC[N+](C)(CC(C)O)CC(C)O)CC(C)OC(C)=O. The molecule has 4 atom stereocenters. The summed E-state index contributed by atoms with van der Waals surface area (Å²) in [7, 11) is 2.00. The summed E-state index contributed by atoms with van der Waals surface area (Å²) in [6, 6.07) is 0. The predicted octanol–water partition coefficient (Wildman–Crippen LogP) is 0.400. The summed E-state index contributed by atoms with van der Waals surface area (Å²) in [5.41, 5.74) is 0. The van der Waals surface area contributed by atoms with Crippen LogP contribution in [0.2, 0.25) is 0 Å². The van der Waals surface area contributed by atoms with Crippen LogP contribution in [-0.2, 0) is 19.1 Å². The number of hydrogen-bond acceptors (Lipinski definition) is 7. The molecule has 0 aromatic rings. The fraction of sp³-hybridized carbons (Fsp3) is 0.895. The van der Waals surface area contributed by atoms with E-state index >= 15 is 0 Å². The second-order valence-corrected chi connectivity index (χ2v) is 8.01. The number of ether oxygens (including phenoxy) is 2. The first-order valence-electron chi connectivity index (χ1n) is 9.59. The van der Waals surface area contributed by atoms with Crippen LogP contribution in [0.15, 0.2) is 0 Å². The number of quaternary nitrogens is 1. The largest absolute Gasteiger partial charge is 0.461 e. The Kier molecular flexibility index (Phi) is 11.7. The number of nitrogens with zero attached hydrogens (tertiary/aromatic N) is 2. The van der Waals surface area contributed by atoms with Gasteiger partial charge in [-0.3, -0.25) is 14.5 Å². The van der Waals surface area contributed by atoms with Gasteiger partial charge in [-0.1, -0.05) is 0 Å². The monoisotopic (exact) mass is 391 g/mol. The van der Waals surface area contributed by atoms with Gasteiger partial charge in [-0.25, -0.2) is 0 Å². The molecule has 0 rings (SSSR count). The fourth-order valence-electron chi connectivity index (χ4n) is 3.54. The van der Waals surface area contributed by atoms with Crippen molar-refractivity contribution in [1.82, 2.24) is 4.90 Å². The van der Waals surface area contributed by atoms with E-state index < -0.39 is 12.2 Å². The number of esters is 2. The maximum absolute atomic E-state index is 11.2. The molecule has 0 aliphatic heterocycles. The highest BCUT2D eigenvalue weighted by molar-refractivity contribution is 5.66. The number of carbonyl (C=O) groups is 2. The predicted molar refractivity (Wildman–Crippen MR) is 103 cm³/mol. The van der Waals surface area contributed by atoms with Crippen LogP contribution < -0.4 is 0 Å². The molecule has 0 saturated carbocycles. The van der Waals surface area contributed by atoms with E-state index in [0.717, 1.165) is 0 Å². The molecule has 27 heavy (non-hydrogen) atoms. The van der Waals surface area contributed by atoms with Crippen LogP contribution in [0.25, 0.3) is 0 Å². The van der Waals surface area contributed by atoms with Gasteiger partial charge in [-0.2, -0.15) is 0 Å². The van der Waals surface area contributed by atoms with Crippen molar-refractivity contribution in [2.45, 2.75) is 66.0 Å². The van der Waals surface area contributed by atoms with Gasteiger partial charge >= 0.3 is 11.9 Å². The molecule has 0 aliphatic rings. The first kappa shape index (κ1) is 25.8. The molecular formula is C19H39N2O6+.